The molecule has 2 aliphatic heterocycles. The van der Waals surface area contributed by atoms with Gasteiger partial charge in [0.05, 0.1) is 11.3 Å². The van der Waals surface area contributed by atoms with Crippen LogP contribution in [0.5, 0.6) is 0 Å². The molecule has 11 nitrogen and oxygen atoms in total. The summed E-state index contributed by atoms with van der Waals surface area (Å²) in [6, 6.07) is 5.21. The Morgan fingerprint density at radius 3 is 2.85 bits per heavy atom. The van der Waals surface area contributed by atoms with E-state index in [0.29, 0.717) is 80.3 Å². The zero-order valence-corrected chi connectivity index (χ0v) is 23.1. The highest BCUT2D eigenvalue weighted by Crippen LogP contribution is 2.29. The van der Waals surface area contributed by atoms with E-state index < -0.39 is 6.03 Å². The second kappa shape index (κ2) is 13.4. The Hall–Kier alpha value is -3.69. The van der Waals surface area contributed by atoms with Crippen molar-refractivity contribution < 1.29 is 19.1 Å². The number of fused-ring (bicyclic) bond motifs is 1. The van der Waals surface area contributed by atoms with Crippen LogP contribution >= 0.6 is 11.8 Å². The van der Waals surface area contributed by atoms with Gasteiger partial charge in [0, 0.05) is 69.4 Å². The van der Waals surface area contributed by atoms with Crippen LogP contribution < -0.4 is 15.5 Å². The standard InChI is InChI=1S/C27H33N7O4S/c1-33(26(36)18-5-9-38-10-6-18)16-20-12-19-4-3-8-34(25(19)31-23(20)17-35)27(37)32-24-13-22(29-7-11-39-2)21(14-28)15-30-24/h12-13,15,17-18H,3-11,16H2,1-2H3,(H2,29,30,32,37). The van der Waals surface area contributed by atoms with Crippen LogP contribution in [-0.2, 0) is 22.5 Å². The molecular formula is C27H33N7O4S. The third kappa shape index (κ3) is 6.85. The maximum atomic E-state index is 13.3. The normalized spacial score (nSPS) is 15.2. The smallest absolute Gasteiger partial charge is 0.328 e. The van der Waals surface area contributed by atoms with Gasteiger partial charge in [-0.1, -0.05) is 0 Å². The lowest BCUT2D eigenvalue weighted by molar-refractivity contribution is -0.137. The predicted octanol–water partition coefficient (Wildman–Crippen LogP) is 3.31. The number of anilines is 3. The number of hydrogen-bond donors (Lipinski definition) is 2. The molecule has 2 aromatic heterocycles. The van der Waals surface area contributed by atoms with Crippen LogP contribution in [0, 0.1) is 17.2 Å². The van der Waals surface area contributed by atoms with Crippen LogP contribution in [0.25, 0.3) is 0 Å². The quantitative estimate of drug-likeness (QED) is 0.355. The van der Waals surface area contributed by atoms with Gasteiger partial charge >= 0.3 is 6.03 Å². The lowest BCUT2D eigenvalue weighted by atomic mass is 9.98. The number of rotatable bonds is 9. The number of carbonyl (C=O) groups is 3. The molecule has 206 valence electrons. The van der Waals surface area contributed by atoms with Crippen molar-refractivity contribution in [3.63, 3.8) is 0 Å². The maximum Gasteiger partial charge on any atom is 0.328 e. The zero-order valence-electron chi connectivity index (χ0n) is 22.2. The molecule has 2 aromatic rings. The summed E-state index contributed by atoms with van der Waals surface area (Å²) in [5.41, 5.74) is 2.69. The molecule has 1 fully saturated rings. The van der Waals surface area contributed by atoms with Gasteiger partial charge in [-0.05, 0) is 43.6 Å². The summed E-state index contributed by atoms with van der Waals surface area (Å²) in [5, 5.41) is 15.4. The molecule has 4 heterocycles. The number of nitrogens with zero attached hydrogens (tertiary/aromatic N) is 5. The molecule has 0 aliphatic carbocycles. The molecular weight excluding hydrogens is 518 g/mol. The topological polar surface area (TPSA) is 141 Å². The number of nitriles is 1. The van der Waals surface area contributed by atoms with E-state index in [2.05, 4.69) is 26.7 Å². The lowest BCUT2D eigenvalue weighted by Crippen LogP contribution is -2.40. The van der Waals surface area contributed by atoms with Crippen molar-refractivity contribution in [2.45, 2.75) is 32.2 Å². The van der Waals surface area contributed by atoms with Gasteiger partial charge in [-0.2, -0.15) is 17.0 Å². The Morgan fingerprint density at radius 2 is 2.13 bits per heavy atom. The van der Waals surface area contributed by atoms with E-state index in [4.69, 9.17) is 4.74 Å². The second-order valence-electron chi connectivity index (χ2n) is 9.55. The minimum Gasteiger partial charge on any atom is -0.383 e. The van der Waals surface area contributed by atoms with Gasteiger partial charge in [0.1, 0.15) is 23.4 Å². The lowest BCUT2D eigenvalue weighted by Gasteiger charge is -2.30. The number of urea groups is 1. The summed E-state index contributed by atoms with van der Waals surface area (Å²) in [5.74, 6) is 1.55. The Kier molecular flexibility index (Phi) is 9.73. The van der Waals surface area contributed by atoms with Gasteiger partial charge in [-0.3, -0.25) is 19.8 Å². The van der Waals surface area contributed by atoms with Gasteiger partial charge in [-0.15, -0.1) is 0 Å². The summed E-state index contributed by atoms with van der Waals surface area (Å²) >= 11 is 1.68. The van der Waals surface area contributed by atoms with Crippen molar-refractivity contribution in [2.24, 2.45) is 5.92 Å². The second-order valence-corrected chi connectivity index (χ2v) is 10.5. The fraction of sp³-hybridized carbons (Fsp3) is 0.481. The Labute approximate surface area is 232 Å². The first-order chi connectivity index (χ1) is 18.9. The van der Waals surface area contributed by atoms with Gasteiger partial charge in [0.15, 0.2) is 6.29 Å². The molecule has 3 amide bonds. The highest BCUT2D eigenvalue weighted by atomic mass is 32.2. The SMILES string of the molecule is CSCCNc1cc(NC(=O)N2CCCc3cc(CN(C)C(=O)C4CCOCC4)c(C=O)nc32)ncc1C#N. The third-order valence-corrected chi connectivity index (χ3v) is 7.48. The summed E-state index contributed by atoms with van der Waals surface area (Å²) in [7, 11) is 1.74. The molecule has 0 unspecified atom stereocenters. The number of nitrogens with one attached hydrogen (secondary N) is 2. The van der Waals surface area contributed by atoms with E-state index in [9.17, 15) is 19.6 Å². The Bertz CT molecular complexity index is 1260. The Morgan fingerprint density at radius 1 is 1.33 bits per heavy atom. The van der Waals surface area contributed by atoms with Crippen molar-refractivity contribution in [2.75, 3.05) is 60.9 Å². The fourth-order valence-corrected chi connectivity index (χ4v) is 5.10. The Balaban J connectivity index is 1.51. The molecule has 2 N–H and O–H groups in total. The number of pyridine rings is 2. The van der Waals surface area contributed by atoms with Crippen molar-refractivity contribution in [1.82, 2.24) is 14.9 Å². The number of hydrogen-bond acceptors (Lipinski definition) is 9. The number of aldehydes is 1. The molecule has 39 heavy (non-hydrogen) atoms. The largest absolute Gasteiger partial charge is 0.383 e. The zero-order chi connectivity index (χ0) is 27.8. The highest BCUT2D eigenvalue weighted by Gasteiger charge is 2.28. The summed E-state index contributed by atoms with van der Waals surface area (Å²) < 4.78 is 5.36. The molecule has 0 aromatic carbocycles. The predicted molar refractivity (Wildman–Crippen MR) is 150 cm³/mol. The number of thioether (sulfide) groups is 1. The van der Waals surface area contributed by atoms with E-state index in [0.717, 1.165) is 17.7 Å². The number of carbonyl (C=O) groups excluding carboxylic acids is 3. The number of aryl methyl sites for hydroxylation is 1. The first-order valence-corrected chi connectivity index (χ1v) is 14.4. The first kappa shape index (κ1) is 28.3. The van der Waals surface area contributed by atoms with Crippen LogP contribution in [0.15, 0.2) is 18.3 Å². The van der Waals surface area contributed by atoms with Crippen molar-refractivity contribution >= 4 is 47.3 Å². The van der Waals surface area contributed by atoms with Gasteiger partial charge in [0.25, 0.3) is 0 Å². The van der Waals surface area contributed by atoms with Crippen molar-refractivity contribution in [1.29, 1.82) is 5.26 Å². The van der Waals surface area contributed by atoms with Gasteiger partial charge in [0.2, 0.25) is 5.91 Å². The number of ether oxygens (including phenoxy) is 1. The molecule has 1 saturated heterocycles. The molecule has 0 radical (unpaired) electrons. The van der Waals surface area contributed by atoms with Gasteiger partial charge in [-0.25, -0.2) is 14.8 Å². The summed E-state index contributed by atoms with van der Waals surface area (Å²) in [6.07, 6.45) is 6.91. The van der Waals surface area contributed by atoms with Crippen LogP contribution in [0.1, 0.15) is 46.4 Å². The maximum absolute atomic E-state index is 13.3. The summed E-state index contributed by atoms with van der Waals surface area (Å²) in [4.78, 5) is 50.1. The first-order valence-electron chi connectivity index (χ1n) is 13.0. The van der Waals surface area contributed by atoms with Crippen molar-refractivity contribution in [3.05, 3.63) is 40.7 Å². The molecule has 4 rings (SSSR count). The van der Waals surface area contributed by atoms with Gasteiger partial charge < -0.3 is 15.0 Å². The number of amides is 3. The third-order valence-electron chi connectivity index (χ3n) is 6.87. The summed E-state index contributed by atoms with van der Waals surface area (Å²) in [6.45, 7) is 2.52. The minimum atomic E-state index is -0.424. The highest BCUT2D eigenvalue weighted by molar-refractivity contribution is 7.98. The van der Waals surface area contributed by atoms with Crippen LogP contribution in [0.4, 0.5) is 22.1 Å². The average Bonchev–Trinajstić information content (AvgIpc) is 2.96. The molecule has 0 saturated carbocycles. The molecule has 0 bridgehead atoms. The molecule has 0 spiro atoms. The monoisotopic (exact) mass is 551 g/mol. The number of aromatic nitrogens is 2. The molecule has 2 aliphatic rings. The van der Waals surface area contributed by atoms with E-state index >= 15 is 0 Å². The van der Waals surface area contributed by atoms with E-state index in [1.807, 2.05) is 12.3 Å². The van der Waals surface area contributed by atoms with Crippen LogP contribution in [0.3, 0.4) is 0 Å². The molecule has 12 heteroatoms. The average molecular weight is 552 g/mol. The fourth-order valence-electron chi connectivity index (χ4n) is 4.80. The van der Waals surface area contributed by atoms with Crippen LogP contribution in [0.2, 0.25) is 0 Å². The van der Waals surface area contributed by atoms with E-state index in [1.165, 1.54) is 11.1 Å². The van der Waals surface area contributed by atoms with Crippen molar-refractivity contribution in [3.8, 4) is 6.07 Å². The van der Waals surface area contributed by atoms with E-state index in [-0.39, 0.29) is 24.1 Å². The van der Waals surface area contributed by atoms with Crippen LogP contribution in [-0.4, -0.2) is 78.5 Å². The van der Waals surface area contributed by atoms with E-state index in [1.54, 1.807) is 29.8 Å². The minimum absolute atomic E-state index is 0.0334. The molecule has 0 atom stereocenters.